The summed E-state index contributed by atoms with van der Waals surface area (Å²) in [6.45, 7) is 0.668. The Morgan fingerprint density at radius 3 is 2.55 bits per heavy atom. The molecule has 0 aliphatic carbocycles. The van der Waals surface area contributed by atoms with Crippen molar-refractivity contribution in [2.24, 2.45) is 0 Å². The van der Waals surface area contributed by atoms with Gasteiger partial charge >= 0.3 is 0 Å². The summed E-state index contributed by atoms with van der Waals surface area (Å²) in [5, 5.41) is 7.95. The number of aromatic nitrogens is 2. The third-order valence-corrected chi connectivity index (χ3v) is 4.49. The number of carbonyl (C=O) groups excluding carboxylic acids is 1. The number of benzene rings is 2. The molecule has 2 aromatic carbocycles. The zero-order valence-corrected chi connectivity index (χ0v) is 17.1. The maximum Gasteiger partial charge on any atom is 0.238 e. The van der Waals surface area contributed by atoms with Crippen LogP contribution < -0.4 is 16.2 Å². The molecule has 3 N–H and O–H groups in total. The van der Waals surface area contributed by atoms with Crippen molar-refractivity contribution in [1.29, 1.82) is 0 Å². The standard InChI is InChI=1S/C20H20ClN5O2S/c21-16-8-6-15(7-9-16)19-23-18(28-26-19)11-10-17(27)24-25-20(29)22-13-12-14-4-2-1-3-5-14/h1-9H,10-13H2,(H,24,27)(H2,22,25,29). The number of rotatable bonds is 7. The van der Waals surface area contributed by atoms with Gasteiger partial charge in [-0.3, -0.25) is 15.6 Å². The van der Waals surface area contributed by atoms with Gasteiger partial charge in [0.1, 0.15) is 0 Å². The summed E-state index contributed by atoms with van der Waals surface area (Å²) in [7, 11) is 0. The SMILES string of the molecule is O=C(CCc1nc(-c2ccc(Cl)cc2)no1)NNC(=S)NCCc1ccccc1. The Bertz CT molecular complexity index is 947. The van der Waals surface area contributed by atoms with Crippen molar-refractivity contribution < 1.29 is 9.32 Å². The van der Waals surface area contributed by atoms with E-state index in [0.717, 1.165) is 12.0 Å². The molecule has 29 heavy (non-hydrogen) atoms. The van der Waals surface area contributed by atoms with Crippen molar-refractivity contribution >= 4 is 34.8 Å². The fraction of sp³-hybridized carbons (Fsp3) is 0.200. The third kappa shape index (κ3) is 6.85. The van der Waals surface area contributed by atoms with Gasteiger partial charge in [0, 0.05) is 30.0 Å². The summed E-state index contributed by atoms with van der Waals surface area (Å²) < 4.78 is 5.19. The van der Waals surface area contributed by atoms with E-state index in [9.17, 15) is 4.79 Å². The second-order valence-electron chi connectivity index (χ2n) is 6.18. The van der Waals surface area contributed by atoms with Gasteiger partial charge in [-0.2, -0.15) is 4.98 Å². The molecule has 0 saturated heterocycles. The topological polar surface area (TPSA) is 92.1 Å². The Morgan fingerprint density at radius 2 is 1.79 bits per heavy atom. The van der Waals surface area contributed by atoms with Crippen LogP contribution in [0.4, 0.5) is 0 Å². The maximum atomic E-state index is 12.0. The number of carbonyl (C=O) groups is 1. The largest absolute Gasteiger partial charge is 0.361 e. The van der Waals surface area contributed by atoms with Gasteiger partial charge in [0.05, 0.1) is 0 Å². The summed E-state index contributed by atoms with van der Waals surface area (Å²) in [4.78, 5) is 16.3. The lowest BCUT2D eigenvalue weighted by Crippen LogP contribution is -2.47. The molecule has 0 spiro atoms. The van der Waals surface area contributed by atoms with Gasteiger partial charge in [0.2, 0.25) is 17.6 Å². The van der Waals surface area contributed by atoms with Crippen LogP contribution in [0.2, 0.25) is 5.02 Å². The first kappa shape index (κ1) is 20.8. The molecule has 0 aliphatic heterocycles. The van der Waals surface area contributed by atoms with E-state index in [1.54, 1.807) is 24.3 Å². The van der Waals surface area contributed by atoms with Crippen LogP contribution >= 0.6 is 23.8 Å². The van der Waals surface area contributed by atoms with Crippen LogP contribution in [0.25, 0.3) is 11.4 Å². The molecule has 1 aromatic heterocycles. The van der Waals surface area contributed by atoms with Gasteiger partial charge in [0.25, 0.3) is 0 Å². The molecule has 0 bridgehead atoms. The van der Waals surface area contributed by atoms with Crippen molar-refractivity contribution in [3.8, 4) is 11.4 Å². The number of amides is 1. The predicted molar refractivity (Wildman–Crippen MR) is 115 cm³/mol. The van der Waals surface area contributed by atoms with E-state index in [4.69, 9.17) is 28.3 Å². The first-order chi connectivity index (χ1) is 14.1. The third-order valence-electron chi connectivity index (χ3n) is 3.99. The number of nitrogens with zero attached hydrogens (tertiary/aromatic N) is 2. The Hall–Kier alpha value is -2.97. The lowest BCUT2D eigenvalue weighted by Gasteiger charge is -2.11. The number of nitrogens with one attached hydrogen (secondary N) is 3. The molecule has 9 heteroatoms. The van der Waals surface area contributed by atoms with E-state index < -0.39 is 0 Å². The first-order valence-electron chi connectivity index (χ1n) is 9.05. The molecule has 0 fully saturated rings. The molecule has 0 radical (unpaired) electrons. The van der Waals surface area contributed by atoms with Gasteiger partial charge in [-0.15, -0.1) is 0 Å². The summed E-state index contributed by atoms with van der Waals surface area (Å²) in [6.07, 6.45) is 1.34. The van der Waals surface area contributed by atoms with E-state index in [2.05, 4.69) is 38.4 Å². The van der Waals surface area contributed by atoms with Crippen molar-refractivity contribution in [2.75, 3.05) is 6.54 Å². The van der Waals surface area contributed by atoms with Crippen LogP contribution in [0.5, 0.6) is 0 Å². The highest BCUT2D eigenvalue weighted by molar-refractivity contribution is 7.80. The van der Waals surface area contributed by atoms with E-state index in [1.165, 1.54) is 5.56 Å². The molecule has 0 aliphatic rings. The zero-order chi connectivity index (χ0) is 20.5. The molecule has 3 rings (SSSR count). The molecule has 1 amide bonds. The van der Waals surface area contributed by atoms with Gasteiger partial charge in [-0.1, -0.05) is 47.1 Å². The van der Waals surface area contributed by atoms with Crippen molar-refractivity contribution in [3.63, 3.8) is 0 Å². The first-order valence-corrected chi connectivity index (χ1v) is 9.84. The van der Waals surface area contributed by atoms with Gasteiger partial charge in [0.15, 0.2) is 5.11 Å². The molecule has 0 saturated carbocycles. The molecule has 3 aromatic rings. The minimum absolute atomic E-state index is 0.182. The van der Waals surface area contributed by atoms with E-state index >= 15 is 0 Å². The summed E-state index contributed by atoms with van der Waals surface area (Å²) in [5.41, 5.74) is 7.24. The van der Waals surface area contributed by atoms with Crippen LogP contribution in [0.1, 0.15) is 17.9 Å². The Labute approximate surface area is 178 Å². The fourth-order valence-corrected chi connectivity index (χ4v) is 2.77. The minimum Gasteiger partial charge on any atom is -0.361 e. The van der Waals surface area contributed by atoms with Crippen molar-refractivity contribution in [2.45, 2.75) is 19.3 Å². The molecular weight excluding hydrogens is 410 g/mol. The summed E-state index contributed by atoms with van der Waals surface area (Å²) in [6, 6.07) is 17.2. The Balaban J connectivity index is 1.34. The normalized spacial score (nSPS) is 10.4. The second kappa shape index (κ2) is 10.5. The number of hydrogen-bond acceptors (Lipinski definition) is 5. The van der Waals surface area contributed by atoms with Gasteiger partial charge in [-0.05, 0) is 48.5 Å². The molecule has 150 valence electrons. The number of halogens is 1. The smallest absolute Gasteiger partial charge is 0.238 e. The molecule has 7 nitrogen and oxygen atoms in total. The highest BCUT2D eigenvalue weighted by Crippen LogP contribution is 2.18. The quantitative estimate of drug-likeness (QED) is 0.392. The summed E-state index contributed by atoms with van der Waals surface area (Å²) >= 11 is 11.0. The van der Waals surface area contributed by atoms with Crippen LogP contribution in [0.3, 0.4) is 0 Å². The molecule has 0 atom stereocenters. The van der Waals surface area contributed by atoms with Crippen LogP contribution in [0, 0.1) is 0 Å². The molecule has 1 heterocycles. The molecule has 0 unspecified atom stereocenters. The average molecular weight is 430 g/mol. The van der Waals surface area contributed by atoms with E-state index in [-0.39, 0.29) is 12.3 Å². The second-order valence-corrected chi connectivity index (χ2v) is 7.03. The van der Waals surface area contributed by atoms with Crippen LogP contribution in [-0.2, 0) is 17.6 Å². The van der Waals surface area contributed by atoms with E-state index in [1.807, 2.05) is 18.2 Å². The van der Waals surface area contributed by atoms with Crippen molar-refractivity contribution in [3.05, 3.63) is 71.1 Å². The van der Waals surface area contributed by atoms with Crippen molar-refractivity contribution in [1.82, 2.24) is 26.3 Å². The number of aryl methyl sites for hydroxylation is 1. The van der Waals surface area contributed by atoms with Crippen LogP contribution in [0.15, 0.2) is 59.1 Å². The lowest BCUT2D eigenvalue weighted by atomic mass is 10.1. The Kier molecular flexibility index (Phi) is 7.54. The highest BCUT2D eigenvalue weighted by atomic mass is 35.5. The minimum atomic E-state index is -0.233. The zero-order valence-electron chi connectivity index (χ0n) is 15.5. The Morgan fingerprint density at radius 1 is 1.03 bits per heavy atom. The monoisotopic (exact) mass is 429 g/mol. The number of hydrogen-bond donors (Lipinski definition) is 3. The maximum absolute atomic E-state index is 12.0. The lowest BCUT2D eigenvalue weighted by molar-refractivity contribution is -0.121. The predicted octanol–water partition coefficient (Wildman–Crippen LogP) is 3.06. The number of thiocarbonyl (C=S) groups is 1. The van der Waals surface area contributed by atoms with Gasteiger partial charge in [-0.25, -0.2) is 0 Å². The van der Waals surface area contributed by atoms with Gasteiger partial charge < -0.3 is 9.84 Å². The highest BCUT2D eigenvalue weighted by Gasteiger charge is 2.11. The summed E-state index contributed by atoms with van der Waals surface area (Å²) in [5.74, 6) is 0.608. The van der Waals surface area contributed by atoms with E-state index in [0.29, 0.717) is 34.8 Å². The molecular formula is C20H20ClN5O2S. The average Bonchev–Trinajstić information content (AvgIpc) is 3.21. The number of hydrazine groups is 1. The fourth-order valence-electron chi connectivity index (χ4n) is 2.49. The van der Waals surface area contributed by atoms with Crippen LogP contribution in [-0.4, -0.2) is 27.7 Å².